The fourth-order valence-corrected chi connectivity index (χ4v) is 2.46. The van der Waals surface area contributed by atoms with Crippen molar-refractivity contribution in [2.45, 2.75) is 19.9 Å². The first kappa shape index (κ1) is 13.3. The molecule has 0 saturated heterocycles. The van der Waals surface area contributed by atoms with E-state index >= 15 is 0 Å². The molecule has 2 aromatic rings. The third-order valence-corrected chi connectivity index (χ3v) is 3.67. The Morgan fingerprint density at radius 1 is 1.44 bits per heavy atom. The van der Waals surface area contributed by atoms with Gasteiger partial charge in [0.05, 0.1) is 19.8 Å². The molecule has 0 fully saturated rings. The number of ether oxygens (including phenoxy) is 1. The van der Waals surface area contributed by atoms with Gasteiger partial charge in [-0.15, -0.1) is 5.10 Å². The average Bonchev–Trinajstić information content (AvgIpc) is 2.76. The van der Waals surface area contributed by atoms with E-state index in [1.54, 1.807) is 11.8 Å². The molecule has 0 saturated carbocycles. The molecule has 0 radical (unpaired) electrons. The summed E-state index contributed by atoms with van der Waals surface area (Å²) in [5, 5.41) is 17.8. The Morgan fingerprint density at radius 3 is 2.72 bits per heavy atom. The molecule has 1 heterocycles. The minimum atomic E-state index is -0.0987. The standard InChI is InChI=1S/C12H16BrN3O2/c1-7(2)9(6-17)16-12-8(13)4-5-10(18-3)11(12)14-15-16/h4-5,7,9,17H,6H2,1-3H3. The van der Waals surface area contributed by atoms with Crippen LogP contribution in [0.25, 0.3) is 11.0 Å². The van der Waals surface area contributed by atoms with E-state index in [2.05, 4.69) is 26.2 Å². The minimum Gasteiger partial charge on any atom is -0.494 e. The maximum Gasteiger partial charge on any atom is 0.156 e. The highest BCUT2D eigenvalue weighted by atomic mass is 79.9. The highest BCUT2D eigenvalue weighted by Gasteiger charge is 2.21. The second-order valence-corrected chi connectivity index (χ2v) is 5.33. The van der Waals surface area contributed by atoms with E-state index in [9.17, 15) is 5.11 Å². The Hall–Kier alpha value is -1.14. The number of rotatable bonds is 4. The largest absolute Gasteiger partial charge is 0.494 e. The maximum absolute atomic E-state index is 9.51. The first-order valence-electron chi connectivity index (χ1n) is 5.78. The van der Waals surface area contributed by atoms with Gasteiger partial charge in [-0.3, -0.25) is 0 Å². The van der Waals surface area contributed by atoms with Gasteiger partial charge in [-0.1, -0.05) is 19.1 Å². The Kier molecular flexibility index (Phi) is 3.87. The molecular weight excluding hydrogens is 298 g/mol. The zero-order valence-corrected chi connectivity index (χ0v) is 12.2. The first-order valence-corrected chi connectivity index (χ1v) is 6.57. The van der Waals surface area contributed by atoms with Crippen molar-refractivity contribution in [3.05, 3.63) is 16.6 Å². The molecule has 1 atom stereocenters. The molecule has 6 heteroatoms. The van der Waals surface area contributed by atoms with Gasteiger partial charge in [-0.25, -0.2) is 4.68 Å². The van der Waals surface area contributed by atoms with Crippen molar-refractivity contribution in [1.82, 2.24) is 15.0 Å². The van der Waals surface area contributed by atoms with Gasteiger partial charge in [0.2, 0.25) is 0 Å². The van der Waals surface area contributed by atoms with E-state index < -0.39 is 0 Å². The van der Waals surface area contributed by atoms with Crippen LogP contribution in [0.2, 0.25) is 0 Å². The average molecular weight is 314 g/mol. The third kappa shape index (κ3) is 2.10. The van der Waals surface area contributed by atoms with Crippen LogP contribution in [-0.4, -0.2) is 33.8 Å². The summed E-state index contributed by atoms with van der Waals surface area (Å²) >= 11 is 3.50. The van der Waals surface area contributed by atoms with Crippen molar-refractivity contribution in [2.75, 3.05) is 13.7 Å². The number of hydrogen-bond acceptors (Lipinski definition) is 4. The van der Waals surface area contributed by atoms with Crippen LogP contribution in [0, 0.1) is 5.92 Å². The summed E-state index contributed by atoms with van der Waals surface area (Å²) in [5.41, 5.74) is 1.55. The zero-order valence-electron chi connectivity index (χ0n) is 10.6. The van der Waals surface area contributed by atoms with Gasteiger partial charge in [0.15, 0.2) is 5.52 Å². The lowest BCUT2D eigenvalue weighted by Gasteiger charge is -2.19. The van der Waals surface area contributed by atoms with E-state index in [-0.39, 0.29) is 18.6 Å². The Morgan fingerprint density at radius 2 is 2.17 bits per heavy atom. The van der Waals surface area contributed by atoms with Crippen molar-refractivity contribution in [3.63, 3.8) is 0 Å². The van der Waals surface area contributed by atoms with Gasteiger partial charge in [0, 0.05) is 4.47 Å². The van der Waals surface area contributed by atoms with Crippen molar-refractivity contribution in [1.29, 1.82) is 0 Å². The second kappa shape index (κ2) is 5.24. The van der Waals surface area contributed by atoms with Crippen LogP contribution in [0.3, 0.4) is 0 Å². The number of methoxy groups -OCH3 is 1. The number of aliphatic hydroxyl groups is 1. The smallest absolute Gasteiger partial charge is 0.156 e. The zero-order chi connectivity index (χ0) is 13.3. The Bertz CT molecular complexity index is 553. The van der Waals surface area contributed by atoms with Gasteiger partial charge < -0.3 is 9.84 Å². The summed E-state index contributed by atoms with van der Waals surface area (Å²) in [6.45, 7) is 4.12. The van der Waals surface area contributed by atoms with Gasteiger partial charge in [0.1, 0.15) is 11.3 Å². The van der Waals surface area contributed by atoms with Gasteiger partial charge in [0.25, 0.3) is 0 Å². The molecule has 1 N–H and O–H groups in total. The van der Waals surface area contributed by atoms with Crippen LogP contribution in [0.4, 0.5) is 0 Å². The minimum absolute atomic E-state index is 0.0276. The lowest BCUT2D eigenvalue weighted by molar-refractivity contribution is 0.184. The molecule has 0 bridgehead atoms. The summed E-state index contributed by atoms with van der Waals surface area (Å²) in [5.74, 6) is 0.942. The molecule has 2 rings (SSSR count). The summed E-state index contributed by atoms with van der Waals surface area (Å²) in [6.07, 6.45) is 0. The van der Waals surface area contributed by atoms with Gasteiger partial charge in [-0.05, 0) is 34.0 Å². The quantitative estimate of drug-likeness (QED) is 0.941. The van der Waals surface area contributed by atoms with E-state index in [1.165, 1.54) is 0 Å². The number of hydrogen-bond donors (Lipinski definition) is 1. The van der Waals surface area contributed by atoms with Gasteiger partial charge >= 0.3 is 0 Å². The van der Waals surface area contributed by atoms with E-state index in [0.29, 0.717) is 11.3 Å². The Labute approximate surface area is 114 Å². The number of aromatic nitrogens is 3. The number of fused-ring (bicyclic) bond motifs is 1. The van der Waals surface area contributed by atoms with Gasteiger partial charge in [-0.2, -0.15) is 0 Å². The monoisotopic (exact) mass is 313 g/mol. The molecule has 0 aliphatic carbocycles. The van der Waals surface area contributed by atoms with Crippen LogP contribution in [0.1, 0.15) is 19.9 Å². The molecule has 0 spiro atoms. The highest BCUT2D eigenvalue weighted by Crippen LogP contribution is 2.32. The molecule has 1 aromatic carbocycles. The number of nitrogens with zero attached hydrogens (tertiary/aromatic N) is 3. The summed E-state index contributed by atoms with van der Waals surface area (Å²) in [7, 11) is 1.60. The fourth-order valence-electron chi connectivity index (χ4n) is 1.96. The fraction of sp³-hybridized carbons (Fsp3) is 0.500. The molecule has 0 amide bonds. The summed E-state index contributed by atoms with van der Waals surface area (Å²) < 4.78 is 7.92. The number of halogens is 1. The molecule has 0 aliphatic heterocycles. The summed E-state index contributed by atoms with van der Waals surface area (Å²) in [4.78, 5) is 0. The maximum atomic E-state index is 9.51. The topological polar surface area (TPSA) is 60.2 Å². The predicted molar refractivity (Wildman–Crippen MR) is 72.7 cm³/mol. The Balaban J connectivity index is 2.66. The van der Waals surface area contributed by atoms with E-state index in [0.717, 1.165) is 9.99 Å². The van der Waals surface area contributed by atoms with Crippen molar-refractivity contribution in [3.8, 4) is 5.75 Å². The molecule has 1 aromatic heterocycles. The van der Waals surface area contributed by atoms with E-state index in [4.69, 9.17) is 4.74 Å². The van der Waals surface area contributed by atoms with Crippen LogP contribution in [0.5, 0.6) is 5.75 Å². The van der Waals surface area contributed by atoms with Crippen LogP contribution in [0.15, 0.2) is 16.6 Å². The molecular formula is C12H16BrN3O2. The van der Waals surface area contributed by atoms with Crippen molar-refractivity contribution >= 4 is 27.0 Å². The molecule has 1 unspecified atom stereocenters. The predicted octanol–water partition coefficient (Wildman–Crippen LogP) is 2.39. The SMILES string of the molecule is COc1ccc(Br)c2c1nnn2C(CO)C(C)C. The van der Waals surface area contributed by atoms with Crippen molar-refractivity contribution < 1.29 is 9.84 Å². The normalized spacial score (nSPS) is 13.2. The molecule has 98 valence electrons. The third-order valence-electron chi connectivity index (χ3n) is 3.03. The molecule has 5 nitrogen and oxygen atoms in total. The van der Waals surface area contributed by atoms with Crippen LogP contribution < -0.4 is 4.74 Å². The number of benzene rings is 1. The van der Waals surface area contributed by atoms with E-state index in [1.807, 2.05) is 26.0 Å². The highest BCUT2D eigenvalue weighted by molar-refractivity contribution is 9.10. The van der Waals surface area contributed by atoms with Crippen LogP contribution in [-0.2, 0) is 0 Å². The first-order chi connectivity index (χ1) is 8.60. The lowest BCUT2D eigenvalue weighted by Crippen LogP contribution is -2.20. The van der Waals surface area contributed by atoms with Crippen LogP contribution >= 0.6 is 15.9 Å². The van der Waals surface area contributed by atoms with Crippen molar-refractivity contribution in [2.24, 2.45) is 5.92 Å². The molecule has 18 heavy (non-hydrogen) atoms. The lowest BCUT2D eigenvalue weighted by atomic mass is 10.1. The molecule has 0 aliphatic rings. The number of aliphatic hydroxyl groups excluding tert-OH is 1. The summed E-state index contributed by atoms with van der Waals surface area (Å²) in [6, 6.07) is 3.64. The second-order valence-electron chi connectivity index (χ2n) is 4.47.